The molecule has 118 valence electrons. The minimum Gasteiger partial charge on any atom is -0.480 e. The Morgan fingerprint density at radius 3 is 2.23 bits per heavy atom. The van der Waals surface area contributed by atoms with Gasteiger partial charge in [-0.05, 0) is 17.5 Å². The number of hydrogen-bond acceptors (Lipinski definition) is 5. The Morgan fingerprint density at radius 2 is 1.73 bits per heavy atom. The topological polar surface area (TPSA) is 69.2 Å². The van der Waals surface area contributed by atoms with E-state index in [9.17, 15) is 8.42 Å². The smallest absolute Gasteiger partial charge is 0.233 e. The predicted molar refractivity (Wildman–Crippen MR) is 85.2 cm³/mol. The average molecular weight is 320 g/mol. The standard InChI is InChI=1S/C16H20N2O3S/c1-12(2)16(13-7-5-4-6-8-13)22(19,20)11-14-9-10-15(21-3)18-17-14/h4-10,12,16H,11H2,1-3H3. The van der Waals surface area contributed by atoms with Crippen molar-refractivity contribution in [2.45, 2.75) is 24.9 Å². The molecule has 0 spiro atoms. The van der Waals surface area contributed by atoms with Crippen LogP contribution in [-0.2, 0) is 15.6 Å². The molecule has 0 amide bonds. The Balaban J connectivity index is 2.29. The van der Waals surface area contributed by atoms with Crippen LogP contribution in [0.3, 0.4) is 0 Å². The normalized spacial score (nSPS) is 13.1. The van der Waals surface area contributed by atoms with Crippen molar-refractivity contribution < 1.29 is 13.2 Å². The van der Waals surface area contributed by atoms with Gasteiger partial charge in [0.25, 0.3) is 0 Å². The van der Waals surface area contributed by atoms with Crippen LogP contribution >= 0.6 is 0 Å². The first-order valence-electron chi connectivity index (χ1n) is 7.07. The summed E-state index contributed by atoms with van der Waals surface area (Å²) in [5.74, 6) is 0.199. The van der Waals surface area contributed by atoms with E-state index in [1.54, 1.807) is 12.1 Å². The number of aromatic nitrogens is 2. The van der Waals surface area contributed by atoms with Crippen molar-refractivity contribution in [2.75, 3.05) is 7.11 Å². The Labute approximate surface area is 131 Å². The summed E-state index contributed by atoms with van der Waals surface area (Å²) in [7, 11) is -1.90. The molecule has 0 saturated heterocycles. The lowest BCUT2D eigenvalue weighted by Gasteiger charge is -2.21. The van der Waals surface area contributed by atoms with Crippen molar-refractivity contribution in [1.82, 2.24) is 10.2 Å². The van der Waals surface area contributed by atoms with Crippen LogP contribution in [0.2, 0.25) is 0 Å². The molecule has 1 atom stereocenters. The largest absolute Gasteiger partial charge is 0.480 e. The summed E-state index contributed by atoms with van der Waals surface area (Å²) in [5.41, 5.74) is 1.22. The van der Waals surface area contributed by atoms with Gasteiger partial charge in [-0.3, -0.25) is 0 Å². The molecule has 0 aliphatic rings. The third-order valence-electron chi connectivity index (χ3n) is 3.37. The van der Waals surface area contributed by atoms with Crippen LogP contribution in [0.5, 0.6) is 5.88 Å². The number of benzene rings is 1. The monoisotopic (exact) mass is 320 g/mol. The van der Waals surface area contributed by atoms with Gasteiger partial charge in [-0.25, -0.2) is 8.42 Å². The van der Waals surface area contributed by atoms with E-state index < -0.39 is 15.1 Å². The summed E-state index contributed by atoms with van der Waals surface area (Å²) in [4.78, 5) is 0. The molecule has 1 aromatic carbocycles. The second kappa shape index (κ2) is 6.87. The summed E-state index contributed by atoms with van der Waals surface area (Å²) in [5, 5.41) is 7.18. The number of methoxy groups -OCH3 is 1. The van der Waals surface area contributed by atoms with E-state index in [1.807, 2.05) is 44.2 Å². The van der Waals surface area contributed by atoms with E-state index >= 15 is 0 Å². The number of sulfone groups is 1. The van der Waals surface area contributed by atoms with Gasteiger partial charge in [0.1, 0.15) is 0 Å². The molecule has 2 aromatic rings. The van der Waals surface area contributed by atoms with E-state index in [1.165, 1.54) is 7.11 Å². The van der Waals surface area contributed by atoms with E-state index in [2.05, 4.69) is 10.2 Å². The van der Waals surface area contributed by atoms with Crippen LogP contribution in [0.15, 0.2) is 42.5 Å². The maximum absolute atomic E-state index is 12.8. The van der Waals surface area contributed by atoms with Crippen molar-refractivity contribution >= 4 is 9.84 Å². The van der Waals surface area contributed by atoms with Crippen molar-refractivity contribution in [3.05, 3.63) is 53.7 Å². The minimum atomic E-state index is -3.39. The maximum Gasteiger partial charge on any atom is 0.233 e. The summed E-state index contributed by atoms with van der Waals surface area (Å²) >= 11 is 0. The number of hydrogen-bond donors (Lipinski definition) is 0. The first-order valence-corrected chi connectivity index (χ1v) is 8.78. The first kappa shape index (κ1) is 16.4. The second-order valence-corrected chi connectivity index (χ2v) is 7.57. The SMILES string of the molecule is COc1ccc(CS(=O)(=O)C(c2ccccc2)C(C)C)nn1. The molecular weight excluding hydrogens is 300 g/mol. The fourth-order valence-corrected chi connectivity index (χ4v) is 4.63. The van der Waals surface area contributed by atoms with E-state index in [0.29, 0.717) is 11.6 Å². The summed E-state index contributed by atoms with van der Waals surface area (Å²) < 4.78 is 30.5. The lowest BCUT2D eigenvalue weighted by atomic mass is 10.0. The molecule has 0 saturated carbocycles. The second-order valence-electron chi connectivity index (χ2n) is 5.45. The maximum atomic E-state index is 12.8. The zero-order chi connectivity index (χ0) is 16.2. The molecule has 0 aliphatic heterocycles. The molecule has 6 heteroatoms. The Hall–Kier alpha value is -1.95. The Kier molecular flexibility index (Phi) is 5.13. The molecular formula is C16H20N2O3S. The molecule has 0 bridgehead atoms. The van der Waals surface area contributed by atoms with Gasteiger partial charge in [-0.1, -0.05) is 44.2 Å². The Morgan fingerprint density at radius 1 is 1.05 bits per heavy atom. The highest BCUT2D eigenvalue weighted by Crippen LogP contribution is 2.32. The third kappa shape index (κ3) is 3.82. The molecule has 22 heavy (non-hydrogen) atoms. The minimum absolute atomic E-state index is 0.0291. The highest BCUT2D eigenvalue weighted by molar-refractivity contribution is 7.90. The lowest BCUT2D eigenvalue weighted by Crippen LogP contribution is -2.21. The molecule has 5 nitrogen and oxygen atoms in total. The van der Waals surface area contributed by atoms with Gasteiger partial charge in [0.05, 0.1) is 23.8 Å². The van der Waals surface area contributed by atoms with Crippen LogP contribution in [-0.4, -0.2) is 25.7 Å². The number of rotatable bonds is 6. The van der Waals surface area contributed by atoms with Gasteiger partial charge in [0.15, 0.2) is 9.84 Å². The third-order valence-corrected chi connectivity index (χ3v) is 5.66. The van der Waals surface area contributed by atoms with Crippen molar-refractivity contribution in [3.63, 3.8) is 0 Å². The average Bonchev–Trinajstić information content (AvgIpc) is 2.48. The quantitative estimate of drug-likeness (QED) is 0.818. The fraction of sp³-hybridized carbons (Fsp3) is 0.375. The van der Waals surface area contributed by atoms with Crippen LogP contribution < -0.4 is 4.74 Å². The Bertz CT molecular complexity index is 698. The molecule has 1 unspecified atom stereocenters. The first-order chi connectivity index (χ1) is 10.4. The van der Waals surface area contributed by atoms with E-state index in [4.69, 9.17) is 4.74 Å². The highest BCUT2D eigenvalue weighted by Gasteiger charge is 2.30. The zero-order valence-corrected chi connectivity index (χ0v) is 13.7. The van der Waals surface area contributed by atoms with E-state index in [0.717, 1.165) is 5.56 Å². The van der Waals surface area contributed by atoms with Crippen molar-refractivity contribution in [3.8, 4) is 5.88 Å². The summed E-state index contributed by atoms with van der Waals surface area (Å²) in [6, 6.07) is 12.5. The summed E-state index contributed by atoms with van der Waals surface area (Å²) in [6.45, 7) is 3.82. The highest BCUT2D eigenvalue weighted by atomic mass is 32.2. The lowest BCUT2D eigenvalue weighted by molar-refractivity contribution is 0.391. The van der Waals surface area contributed by atoms with Gasteiger partial charge in [-0.2, -0.15) is 5.10 Å². The zero-order valence-electron chi connectivity index (χ0n) is 12.9. The fourth-order valence-electron chi connectivity index (χ4n) is 2.48. The van der Waals surface area contributed by atoms with Gasteiger partial charge in [-0.15, -0.1) is 5.10 Å². The predicted octanol–water partition coefficient (Wildman–Crippen LogP) is 2.80. The van der Waals surface area contributed by atoms with Crippen LogP contribution in [0.25, 0.3) is 0 Å². The van der Waals surface area contributed by atoms with Crippen molar-refractivity contribution in [2.24, 2.45) is 5.92 Å². The number of nitrogens with zero attached hydrogens (tertiary/aromatic N) is 2. The van der Waals surface area contributed by atoms with Gasteiger partial charge in [0.2, 0.25) is 5.88 Å². The number of ether oxygens (including phenoxy) is 1. The molecule has 0 fully saturated rings. The molecule has 2 rings (SSSR count). The molecule has 0 radical (unpaired) electrons. The van der Waals surface area contributed by atoms with Gasteiger partial charge in [0, 0.05) is 6.07 Å². The molecule has 0 aliphatic carbocycles. The van der Waals surface area contributed by atoms with E-state index in [-0.39, 0.29) is 11.7 Å². The molecule has 0 N–H and O–H groups in total. The van der Waals surface area contributed by atoms with Crippen LogP contribution in [0.1, 0.15) is 30.4 Å². The van der Waals surface area contributed by atoms with Gasteiger partial charge < -0.3 is 4.74 Å². The molecule has 1 aromatic heterocycles. The van der Waals surface area contributed by atoms with Crippen LogP contribution in [0, 0.1) is 5.92 Å². The van der Waals surface area contributed by atoms with Gasteiger partial charge >= 0.3 is 0 Å². The van der Waals surface area contributed by atoms with Crippen LogP contribution in [0.4, 0.5) is 0 Å². The molecule has 1 heterocycles. The van der Waals surface area contributed by atoms with Crippen molar-refractivity contribution in [1.29, 1.82) is 0 Å². The summed E-state index contributed by atoms with van der Waals surface area (Å²) in [6.07, 6.45) is 0.